The molecule has 0 heterocycles. The van der Waals surface area contributed by atoms with Crippen LogP contribution in [0, 0.1) is 17.2 Å². The van der Waals surface area contributed by atoms with Crippen LogP contribution in [-0.4, -0.2) is 17.4 Å². The maximum Gasteiger partial charge on any atom is 0.573 e. The molecule has 1 fully saturated rings. The smallest absolute Gasteiger partial charge is 0.478 e. The van der Waals surface area contributed by atoms with E-state index in [1.165, 1.54) is 113 Å². The number of aromatic carboxylic acids is 1. The van der Waals surface area contributed by atoms with E-state index in [4.69, 9.17) is 0 Å². The maximum atomic E-state index is 12.3. The van der Waals surface area contributed by atoms with Gasteiger partial charge in [-0.3, -0.25) is 0 Å². The number of nitrogens with zero attached hydrogens (tertiary/aromatic N) is 1. The highest BCUT2D eigenvalue weighted by molar-refractivity contribution is 5.98. The molecule has 0 radical (unpaired) electrons. The van der Waals surface area contributed by atoms with Crippen LogP contribution in [-0.2, 0) is 12.8 Å². The lowest BCUT2D eigenvalue weighted by Gasteiger charge is -2.29. The topological polar surface area (TPSA) is 70.3 Å². The zero-order chi connectivity index (χ0) is 45.0. The van der Waals surface area contributed by atoms with Crippen molar-refractivity contribution in [3.63, 3.8) is 0 Å². The number of halogens is 3. The van der Waals surface area contributed by atoms with Gasteiger partial charge in [0.15, 0.2) is 0 Å². The average Bonchev–Trinajstić information content (AvgIpc) is 3.29. The summed E-state index contributed by atoms with van der Waals surface area (Å²) in [7, 11) is 0. The molecule has 1 N–H and O–H groups in total. The molecule has 5 aromatic rings. The Balaban J connectivity index is 0.000000239. The third kappa shape index (κ3) is 15.4. The van der Waals surface area contributed by atoms with Crippen LogP contribution in [0.3, 0.4) is 0 Å². The van der Waals surface area contributed by atoms with Crippen molar-refractivity contribution >= 4 is 5.97 Å². The second kappa shape index (κ2) is 25.1. The van der Waals surface area contributed by atoms with Crippen LogP contribution in [0.15, 0.2) is 109 Å². The summed E-state index contributed by atoms with van der Waals surface area (Å²) < 4.78 is 40.8. The summed E-state index contributed by atoms with van der Waals surface area (Å²) in [4.78, 5) is 12.1. The quantitative estimate of drug-likeness (QED) is 0.0792. The molecule has 1 saturated carbocycles. The fourth-order valence-corrected chi connectivity index (χ4v) is 8.86. The number of hydrogen-bond acceptors (Lipinski definition) is 3. The maximum absolute atomic E-state index is 12.3. The number of unbranched alkanes of at least 4 members (excludes halogenated alkanes) is 8. The zero-order valence-corrected chi connectivity index (χ0v) is 37.6. The van der Waals surface area contributed by atoms with E-state index in [1.807, 2.05) is 36.4 Å². The van der Waals surface area contributed by atoms with Gasteiger partial charge >= 0.3 is 12.3 Å². The van der Waals surface area contributed by atoms with Gasteiger partial charge in [0.1, 0.15) is 5.75 Å². The van der Waals surface area contributed by atoms with Gasteiger partial charge in [-0.05, 0) is 138 Å². The standard InChI is InChI=1S/C30H33NO2.C26H33F3O/c1-3-5-7-9-22-11-14-24(15-12-22)28-18-16-25(20-29(28)30(32)33)27-17-13-23(10-8-6-4-2)19-26(27)21-31;1-2-3-4-5-6-7-20-8-10-21(11-9-20)22-12-14-23(15-13-22)24-16-18-25(19-17-24)30-26(27,28)29/h11-20H,3-10H2,1-2H3,(H,32,33);12-21H,2-11H2,1H3. The molecule has 0 bridgehead atoms. The first kappa shape index (κ1) is 48.7. The van der Waals surface area contributed by atoms with Gasteiger partial charge in [0.2, 0.25) is 0 Å². The fourth-order valence-electron chi connectivity index (χ4n) is 8.86. The van der Waals surface area contributed by atoms with Crippen LogP contribution in [0.2, 0.25) is 0 Å². The van der Waals surface area contributed by atoms with Crippen molar-refractivity contribution in [2.24, 2.45) is 5.92 Å². The minimum absolute atomic E-state index is 0.190. The Morgan fingerprint density at radius 3 is 1.73 bits per heavy atom. The highest BCUT2D eigenvalue weighted by Crippen LogP contribution is 2.39. The summed E-state index contributed by atoms with van der Waals surface area (Å²) in [6.07, 6.45) is 17.8. The Hall–Kier alpha value is -5.35. The van der Waals surface area contributed by atoms with Crippen molar-refractivity contribution in [1.82, 2.24) is 0 Å². The molecule has 7 heteroatoms. The summed E-state index contributed by atoms with van der Waals surface area (Å²) in [5.41, 5.74) is 9.67. The monoisotopic (exact) mass is 857 g/mol. The van der Waals surface area contributed by atoms with Gasteiger partial charge < -0.3 is 9.84 Å². The van der Waals surface area contributed by atoms with Crippen LogP contribution < -0.4 is 4.74 Å². The number of hydrogen-bond donors (Lipinski definition) is 1. The number of carboxylic acid groups (broad SMARTS) is 1. The van der Waals surface area contributed by atoms with E-state index in [-0.39, 0.29) is 11.3 Å². The van der Waals surface area contributed by atoms with Gasteiger partial charge in [-0.2, -0.15) is 5.26 Å². The first-order valence-electron chi connectivity index (χ1n) is 23.5. The van der Waals surface area contributed by atoms with Crippen molar-refractivity contribution in [3.8, 4) is 45.2 Å². The van der Waals surface area contributed by atoms with E-state index in [0.717, 1.165) is 65.0 Å². The highest BCUT2D eigenvalue weighted by Gasteiger charge is 2.31. The molecule has 0 saturated heterocycles. The molecule has 0 unspecified atom stereocenters. The van der Waals surface area contributed by atoms with Crippen LogP contribution in [0.5, 0.6) is 5.75 Å². The zero-order valence-electron chi connectivity index (χ0n) is 37.6. The number of ether oxygens (including phenoxy) is 1. The van der Waals surface area contributed by atoms with Crippen molar-refractivity contribution < 1.29 is 27.8 Å². The molecule has 0 spiro atoms. The summed E-state index contributed by atoms with van der Waals surface area (Å²) in [6, 6.07) is 36.5. The summed E-state index contributed by atoms with van der Waals surface area (Å²) in [6.45, 7) is 6.63. The van der Waals surface area contributed by atoms with Gasteiger partial charge in [0, 0.05) is 0 Å². The number of carbonyl (C=O) groups is 1. The van der Waals surface area contributed by atoms with E-state index < -0.39 is 12.3 Å². The molecule has 1 aliphatic rings. The van der Waals surface area contributed by atoms with Crippen LogP contribution in [0.4, 0.5) is 13.2 Å². The lowest BCUT2D eigenvalue weighted by atomic mass is 9.77. The number of nitriles is 1. The van der Waals surface area contributed by atoms with Gasteiger partial charge in [-0.1, -0.05) is 170 Å². The van der Waals surface area contributed by atoms with Crippen molar-refractivity contribution in [3.05, 3.63) is 137 Å². The minimum atomic E-state index is -4.66. The van der Waals surface area contributed by atoms with Gasteiger partial charge in [-0.15, -0.1) is 13.2 Å². The molecule has 5 aromatic carbocycles. The Kier molecular flexibility index (Phi) is 19.4. The molecular formula is C56H66F3NO3. The van der Waals surface area contributed by atoms with Gasteiger partial charge in [0.05, 0.1) is 17.2 Å². The van der Waals surface area contributed by atoms with Crippen molar-refractivity contribution in [2.45, 2.75) is 149 Å². The molecule has 4 nitrogen and oxygen atoms in total. The second-order valence-corrected chi connectivity index (χ2v) is 17.3. The number of carboxylic acids is 1. The molecule has 0 atom stereocenters. The number of alkyl halides is 3. The summed E-state index contributed by atoms with van der Waals surface area (Å²) in [5, 5.41) is 19.6. The lowest BCUT2D eigenvalue weighted by Crippen LogP contribution is -2.16. The Morgan fingerprint density at radius 1 is 0.619 bits per heavy atom. The van der Waals surface area contributed by atoms with Crippen molar-refractivity contribution in [1.29, 1.82) is 5.26 Å². The average molecular weight is 858 g/mol. The normalized spacial score (nSPS) is 14.9. The number of benzene rings is 5. The predicted octanol–water partition coefficient (Wildman–Crippen LogP) is 16.9. The lowest BCUT2D eigenvalue weighted by molar-refractivity contribution is -0.274. The Morgan fingerprint density at radius 2 is 1.14 bits per heavy atom. The van der Waals surface area contributed by atoms with E-state index in [9.17, 15) is 28.3 Å². The van der Waals surface area contributed by atoms with E-state index in [0.29, 0.717) is 17.0 Å². The second-order valence-electron chi connectivity index (χ2n) is 17.3. The summed E-state index contributed by atoms with van der Waals surface area (Å²) >= 11 is 0. The largest absolute Gasteiger partial charge is 0.573 e. The molecule has 334 valence electrons. The highest BCUT2D eigenvalue weighted by atomic mass is 19.4. The van der Waals surface area contributed by atoms with E-state index in [1.54, 1.807) is 18.2 Å². The SMILES string of the molecule is CCCCCCCC1CCC(c2ccc(-c3ccc(OC(F)(F)F)cc3)cc2)CC1.CCCCCc1ccc(-c2ccc(-c3ccc(CCCCC)cc3C#N)cc2C(=O)O)cc1. The molecular weight excluding hydrogens is 792 g/mol. The van der Waals surface area contributed by atoms with E-state index in [2.05, 4.69) is 74.0 Å². The number of aryl methyl sites for hydroxylation is 2. The van der Waals surface area contributed by atoms with Crippen LogP contribution >= 0.6 is 0 Å². The Bertz CT molecular complexity index is 2180. The van der Waals surface area contributed by atoms with Crippen LogP contribution in [0.1, 0.15) is 162 Å². The summed E-state index contributed by atoms with van der Waals surface area (Å²) in [5.74, 6) is 0.385. The molecule has 1 aliphatic carbocycles. The minimum Gasteiger partial charge on any atom is -0.478 e. The molecule has 0 aromatic heterocycles. The number of rotatable bonds is 20. The molecule has 63 heavy (non-hydrogen) atoms. The molecule has 0 amide bonds. The molecule has 6 rings (SSSR count). The van der Waals surface area contributed by atoms with Crippen molar-refractivity contribution in [2.75, 3.05) is 0 Å². The third-order valence-electron chi connectivity index (χ3n) is 12.5. The fraction of sp³-hybridized carbons (Fsp3) is 0.429. The first-order valence-corrected chi connectivity index (χ1v) is 23.5. The van der Waals surface area contributed by atoms with Crippen LogP contribution in [0.25, 0.3) is 33.4 Å². The van der Waals surface area contributed by atoms with Gasteiger partial charge in [-0.25, -0.2) is 4.79 Å². The van der Waals surface area contributed by atoms with E-state index >= 15 is 0 Å². The molecule has 0 aliphatic heterocycles. The van der Waals surface area contributed by atoms with Gasteiger partial charge in [0.25, 0.3) is 0 Å². The first-order chi connectivity index (χ1) is 30.5. The predicted molar refractivity (Wildman–Crippen MR) is 252 cm³/mol. The third-order valence-corrected chi connectivity index (χ3v) is 12.5. The Labute approximate surface area is 374 Å².